The van der Waals surface area contributed by atoms with Crippen molar-refractivity contribution in [3.05, 3.63) is 35.0 Å². The molecule has 0 spiro atoms. The smallest absolute Gasteiger partial charge is 0.358 e. The number of benzene rings is 1. The van der Waals surface area contributed by atoms with Gasteiger partial charge >= 0.3 is 5.97 Å². The van der Waals surface area contributed by atoms with E-state index in [0.717, 1.165) is 5.56 Å². The number of rotatable bonds is 3. The van der Waals surface area contributed by atoms with Crippen LogP contribution in [0.5, 0.6) is 5.75 Å². The first kappa shape index (κ1) is 12.2. The Bertz CT molecular complexity index is 601. The van der Waals surface area contributed by atoms with Gasteiger partial charge in [0.2, 0.25) is 0 Å². The van der Waals surface area contributed by atoms with Gasteiger partial charge in [0.1, 0.15) is 5.75 Å². The van der Waals surface area contributed by atoms with E-state index in [1.807, 2.05) is 25.1 Å². The van der Waals surface area contributed by atoms with E-state index < -0.39 is 5.97 Å². The van der Waals surface area contributed by atoms with E-state index in [1.54, 1.807) is 14.0 Å². The molecule has 0 amide bonds. The molecule has 2 aromatic rings. The molecule has 5 nitrogen and oxygen atoms in total. The van der Waals surface area contributed by atoms with Gasteiger partial charge in [-0.25, -0.2) is 4.79 Å². The lowest BCUT2D eigenvalue weighted by atomic mass is 10.0. The van der Waals surface area contributed by atoms with Crippen LogP contribution in [0.4, 0.5) is 0 Å². The highest BCUT2D eigenvalue weighted by Crippen LogP contribution is 2.34. The summed E-state index contributed by atoms with van der Waals surface area (Å²) in [6, 6.07) is 5.59. The van der Waals surface area contributed by atoms with Gasteiger partial charge in [-0.1, -0.05) is 16.8 Å². The van der Waals surface area contributed by atoms with Crippen LogP contribution in [-0.4, -0.2) is 23.3 Å². The van der Waals surface area contributed by atoms with Crippen molar-refractivity contribution in [2.45, 2.75) is 13.8 Å². The van der Waals surface area contributed by atoms with Crippen LogP contribution in [0.25, 0.3) is 11.3 Å². The number of carbonyl (C=O) groups is 1. The molecule has 0 fully saturated rings. The number of hydrogen-bond acceptors (Lipinski definition) is 4. The first-order chi connectivity index (χ1) is 8.54. The van der Waals surface area contributed by atoms with Gasteiger partial charge in [-0.05, 0) is 26.0 Å². The van der Waals surface area contributed by atoms with Gasteiger partial charge in [0.25, 0.3) is 0 Å². The molecular weight excluding hydrogens is 234 g/mol. The van der Waals surface area contributed by atoms with Crippen LogP contribution in [0.2, 0.25) is 0 Å². The normalized spacial score (nSPS) is 10.4. The Kier molecular flexibility index (Phi) is 3.06. The van der Waals surface area contributed by atoms with Crippen molar-refractivity contribution < 1.29 is 19.2 Å². The zero-order chi connectivity index (χ0) is 13.3. The number of ether oxygens (including phenoxy) is 1. The molecule has 0 saturated heterocycles. The van der Waals surface area contributed by atoms with Gasteiger partial charge in [-0.15, -0.1) is 0 Å². The van der Waals surface area contributed by atoms with Crippen molar-refractivity contribution in [1.29, 1.82) is 0 Å². The molecule has 0 unspecified atom stereocenters. The first-order valence-corrected chi connectivity index (χ1v) is 5.39. The highest BCUT2D eigenvalue weighted by molar-refractivity contribution is 5.89. The number of aromatic carboxylic acids is 1. The summed E-state index contributed by atoms with van der Waals surface area (Å²) >= 11 is 0. The highest BCUT2D eigenvalue weighted by Gasteiger charge is 2.21. The minimum atomic E-state index is -1.10. The second-order valence-corrected chi connectivity index (χ2v) is 3.99. The Hall–Kier alpha value is -2.30. The number of aromatic nitrogens is 1. The fourth-order valence-corrected chi connectivity index (χ4v) is 1.79. The number of aryl methyl sites for hydroxylation is 1. The molecule has 5 heteroatoms. The van der Waals surface area contributed by atoms with Crippen molar-refractivity contribution in [1.82, 2.24) is 5.16 Å². The third kappa shape index (κ3) is 1.95. The molecule has 0 aliphatic carbocycles. The van der Waals surface area contributed by atoms with Crippen LogP contribution in [0.15, 0.2) is 22.7 Å². The van der Waals surface area contributed by atoms with E-state index in [2.05, 4.69) is 5.16 Å². The molecule has 0 aliphatic rings. The van der Waals surface area contributed by atoms with Crippen LogP contribution in [0.3, 0.4) is 0 Å². The quantitative estimate of drug-likeness (QED) is 0.902. The third-order valence-electron chi connectivity index (χ3n) is 2.73. The molecule has 0 atom stereocenters. The van der Waals surface area contributed by atoms with E-state index in [4.69, 9.17) is 14.4 Å². The van der Waals surface area contributed by atoms with E-state index in [9.17, 15) is 4.79 Å². The fraction of sp³-hybridized carbons (Fsp3) is 0.231. The molecule has 2 rings (SSSR count). The Balaban J connectivity index is 2.61. The third-order valence-corrected chi connectivity index (χ3v) is 2.73. The molecule has 1 heterocycles. The molecule has 1 aromatic carbocycles. The summed E-state index contributed by atoms with van der Waals surface area (Å²) < 4.78 is 10.4. The van der Waals surface area contributed by atoms with Crippen molar-refractivity contribution >= 4 is 5.97 Å². The van der Waals surface area contributed by atoms with Crippen LogP contribution in [0, 0.1) is 13.8 Å². The number of methoxy groups -OCH3 is 1. The summed E-state index contributed by atoms with van der Waals surface area (Å²) in [5.41, 5.74) is 2.15. The van der Waals surface area contributed by atoms with E-state index >= 15 is 0 Å². The Morgan fingerprint density at radius 1 is 1.39 bits per heavy atom. The van der Waals surface area contributed by atoms with Crippen molar-refractivity contribution in [3.63, 3.8) is 0 Å². The highest BCUT2D eigenvalue weighted by atomic mass is 16.5. The van der Waals surface area contributed by atoms with E-state index in [-0.39, 0.29) is 5.69 Å². The lowest BCUT2D eigenvalue weighted by Gasteiger charge is -2.07. The lowest BCUT2D eigenvalue weighted by molar-refractivity contribution is 0.0685. The average molecular weight is 247 g/mol. The summed E-state index contributed by atoms with van der Waals surface area (Å²) in [6.07, 6.45) is 0. The predicted octanol–water partition coefficient (Wildman–Crippen LogP) is 2.67. The number of carboxylic acid groups (broad SMARTS) is 1. The molecule has 0 radical (unpaired) electrons. The molecule has 1 N–H and O–H groups in total. The minimum Gasteiger partial charge on any atom is -0.496 e. The Morgan fingerprint density at radius 3 is 2.67 bits per heavy atom. The maximum absolute atomic E-state index is 10.9. The largest absolute Gasteiger partial charge is 0.496 e. The summed E-state index contributed by atoms with van der Waals surface area (Å²) in [4.78, 5) is 10.9. The summed E-state index contributed by atoms with van der Waals surface area (Å²) in [5.74, 6) is -0.0566. The first-order valence-electron chi connectivity index (χ1n) is 5.39. The van der Waals surface area contributed by atoms with Crippen molar-refractivity contribution in [2.75, 3.05) is 7.11 Å². The van der Waals surface area contributed by atoms with Gasteiger partial charge < -0.3 is 14.4 Å². The molecule has 0 aliphatic heterocycles. The average Bonchev–Trinajstić information content (AvgIpc) is 2.71. The van der Waals surface area contributed by atoms with Crippen LogP contribution >= 0.6 is 0 Å². The monoisotopic (exact) mass is 247 g/mol. The zero-order valence-electron chi connectivity index (χ0n) is 10.4. The number of nitrogens with zero attached hydrogens (tertiary/aromatic N) is 1. The van der Waals surface area contributed by atoms with Gasteiger partial charge in [0, 0.05) is 5.56 Å². The lowest BCUT2D eigenvalue weighted by Crippen LogP contribution is -1.98. The topological polar surface area (TPSA) is 72.6 Å². The van der Waals surface area contributed by atoms with Gasteiger partial charge in [-0.3, -0.25) is 0 Å². The molecule has 0 saturated carbocycles. The van der Waals surface area contributed by atoms with Gasteiger partial charge in [-0.2, -0.15) is 0 Å². The number of hydrogen-bond donors (Lipinski definition) is 1. The van der Waals surface area contributed by atoms with Crippen molar-refractivity contribution in [2.24, 2.45) is 0 Å². The van der Waals surface area contributed by atoms with E-state index in [0.29, 0.717) is 22.6 Å². The zero-order valence-corrected chi connectivity index (χ0v) is 10.4. The second-order valence-electron chi connectivity index (χ2n) is 3.99. The van der Waals surface area contributed by atoms with Crippen LogP contribution < -0.4 is 4.74 Å². The summed E-state index contributed by atoms with van der Waals surface area (Å²) in [6.45, 7) is 3.60. The number of carboxylic acids is 1. The van der Waals surface area contributed by atoms with Crippen molar-refractivity contribution in [3.8, 4) is 17.1 Å². The molecule has 1 aromatic heterocycles. The minimum absolute atomic E-state index is 0.0754. The maximum atomic E-state index is 10.9. The molecular formula is C13H13NO4. The Labute approximate surface area is 104 Å². The molecule has 0 bridgehead atoms. The van der Waals surface area contributed by atoms with E-state index in [1.165, 1.54) is 0 Å². The SMILES string of the molecule is COc1ccc(C)cc1-c1onc(C(=O)O)c1C. The summed E-state index contributed by atoms with van der Waals surface area (Å²) in [7, 11) is 1.55. The standard InChI is InChI=1S/C13H13NO4/c1-7-4-5-10(17-3)9(6-7)12-8(2)11(13(15)16)14-18-12/h4-6H,1-3H3,(H,15,16). The Morgan fingerprint density at radius 2 is 2.11 bits per heavy atom. The summed E-state index contributed by atoms with van der Waals surface area (Å²) in [5, 5.41) is 12.5. The predicted molar refractivity (Wildman–Crippen MR) is 64.9 cm³/mol. The van der Waals surface area contributed by atoms with Crippen LogP contribution in [0.1, 0.15) is 21.6 Å². The molecule has 94 valence electrons. The fourth-order valence-electron chi connectivity index (χ4n) is 1.79. The van der Waals surface area contributed by atoms with Gasteiger partial charge in [0.05, 0.1) is 12.7 Å². The maximum Gasteiger partial charge on any atom is 0.358 e. The molecule has 18 heavy (non-hydrogen) atoms. The van der Waals surface area contributed by atoms with Gasteiger partial charge in [0.15, 0.2) is 11.5 Å². The van der Waals surface area contributed by atoms with Crippen LogP contribution in [-0.2, 0) is 0 Å². The second kappa shape index (κ2) is 4.52.